The summed E-state index contributed by atoms with van der Waals surface area (Å²) in [5.41, 5.74) is 0.403. The van der Waals surface area contributed by atoms with Crippen molar-refractivity contribution >= 4 is 29.1 Å². The first-order chi connectivity index (χ1) is 16.7. The number of hydrogen-bond acceptors (Lipinski definition) is 5. The fourth-order valence-corrected chi connectivity index (χ4v) is 4.33. The molecule has 0 radical (unpaired) electrons. The summed E-state index contributed by atoms with van der Waals surface area (Å²) < 4.78 is 42.6. The lowest BCUT2D eigenvalue weighted by molar-refractivity contribution is -0.128. The molecule has 184 valence electrons. The summed E-state index contributed by atoms with van der Waals surface area (Å²) in [4.78, 5) is 28.3. The van der Waals surface area contributed by atoms with Crippen LogP contribution in [0.2, 0.25) is 5.02 Å². The largest absolute Gasteiger partial charge is 0.351 e. The average molecular weight is 507 g/mol. The van der Waals surface area contributed by atoms with Gasteiger partial charge < -0.3 is 5.32 Å². The van der Waals surface area contributed by atoms with E-state index in [0.29, 0.717) is 5.56 Å². The molecular formula is C23H22ClF3N6O2. The number of amides is 2. The monoisotopic (exact) mass is 506 g/mol. The molecule has 3 aromatic rings. The molecule has 0 spiro atoms. The van der Waals surface area contributed by atoms with Crippen LogP contribution >= 0.6 is 11.6 Å². The van der Waals surface area contributed by atoms with Gasteiger partial charge in [0.25, 0.3) is 0 Å². The molecule has 0 aliphatic heterocycles. The van der Waals surface area contributed by atoms with E-state index in [1.54, 1.807) is 24.3 Å². The van der Waals surface area contributed by atoms with E-state index in [0.717, 1.165) is 11.0 Å². The molecule has 8 nitrogen and oxygen atoms in total. The average Bonchev–Trinajstić information content (AvgIpc) is 3.32. The highest BCUT2D eigenvalue weighted by atomic mass is 35.5. The Kier molecular flexibility index (Phi) is 7.34. The van der Waals surface area contributed by atoms with Gasteiger partial charge in [0.05, 0.1) is 0 Å². The van der Waals surface area contributed by atoms with Crippen LogP contribution in [0.1, 0.15) is 37.3 Å². The van der Waals surface area contributed by atoms with Crippen molar-refractivity contribution in [1.82, 2.24) is 25.5 Å². The third kappa shape index (κ3) is 5.97. The molecule has 1 aromatic heterocycles. The van der Waals surface area contributed by atoms with Crippen LogP contribution in [0.15, 0.2) is 54.9 Å². The highest BCUT2D eigenvalue weighted by molar-refractivity contribution is 6.31. The molecule has 35 heavy (non-hydrogen) atoms. The third-order valence-electron chi connectivity index (χ3n) is 5.81. The minimum Gasteiger partial charge on any atom is -0.351 e. The van der Waals surface area contributed by atoms with Crippen molar-refractivity contribution in [2.24, 2.45) is 0 Å². The Morgan fingerprint density at radius 2 is 1.91 bits per heavy atom. The van der Waals surface area contributed by atoms with Crippen LogP contribution in [-0.4, -0.2) is 44.0 Å². The maximum Gasteiger partial charge on any atom is 0.249 e. The van der Waals surface area contributed by atoms with Crippen LogP contribution in [0.25, 0.3) is 0 Å². The Bertz CT molecular complexity index is 1180. The van der Waals surface area contributed by atoms with Gasteiger partial charge in [0, 0.05) is 35.2 Å². The van der Waals surface area contributed by atoms with Crippen molar-refractivity contribution in [1.29, 1.82) is 0 Å². The van der Waals surface area contributed by atoms with Gasteiger partial charge in [-0.05, 0) is 47.5 Å². The molecular weight excluding hydrogens is 485 g/mol. The van der Waals surface area contributed by atoms with Gasteiger partial charge in [0.1, 0.15) is 24.7 Å². The predicted molar refractivity (Wildman–Crippen MR) is 121 cm³/mol. The minimum absolute atomic E-state index is 0.0898. The summed E-state index contributed by atoms with van der Waals surface area (Å²) in [6.07, 6.45) is 0.717. The second kappa shape index (κ2) is 10.4. The molecule has 1 saturated carbocycles. The van der Waals surface area contributed by atoms with Crippen molar-refractivity contribution in [2.75, 3.05) is 4.90 Å². The zero-order valence-electron chi connectivity index (χ0n) is 18.5. The van der Waals surface area contributed by atoms with E-state index < -0.39 is 35.6 Å². The van der Waals surface area contributed by atoms with E-state index in [4.69, 9.17) is 11.6 Å². The summed E-state index contributed by atoms with van der Waals surface area (Å²) in [5.74, 6) is -4.62. The fourth-order valence-electron chi connectivity index (χ4n) is 4.09. The number of nitrogens with one attached hydrogen (secondary N) is 1. The van der Waals surface area contributed by atoms with Gasteiger partial charge in [-0.25, -0.2) is 17.9 Å². The van der Waals surface area contributed by atoms with Crippen molar-refractivity contribution < 1.29 is 22.8 Å². The van der Waals surface area contributed by atoms with Crippen LogP contribution in [0.5, 0.6) is 0 Å². The first-order valence-corrected chi connectivity index (χ1v) is 11.3. The highest BCUT2D eigenvalue weighted by Crippen LogP contribution is 2.35. The molecule has 1 unspecified atom stereocenters. The zero-order valence-corrected chi connectivity index (χ0v) is 19.2. The van der Waals surface area contributed by atoms with Gasteiger partial charge in [-0.3, -0.25) is 14.5 Å². The Labute approximate surface area is 204 Å². The van der Waals surface area contributed by atoms with Gasteiger partial charge in [0.15, 0.2) is 0 Å². The van der Waals surface area contributed by atoms with Gasteiger partial charge in [0.2, 0.25) is 17.7 Å². The first-order valence-electron chi connectivity index (χ1n) is 10.9. The Morgan fingerprint density at radius 3 is 2.57 bits per heavy atom. The number of hydrogen-bond donors (Lipinski definition) is 1. The number of aromatic nitrogens is 4. The van der Waals surface area contributed by atoms with Crippen molar-refractivity contribution in [2.45, 2.75) is 50.2 Å². The molecule has 0 saturated heterocycles. The maximum atomic E-state index is 14.2. The normalized spacial score (nSPS) is 16.5. The van der Waals surface area contributed by atoms with Crippen LogP contribution < -0.4 is 10.2 Å². The van der Waals surface area contributed by atoms with Gasteiger partial charge in [-0.1, -0.05) is 35.9 Å². The number of nitrogens with zero attached hydrogens (tertiary/aromatic N) is 5. The van der Waals surface area contributed by atoms with Crippen molar-refractivity contribution in [3.05, 3.63) is 71.3 Å². The Hall–Kier alpha value is -3.47. The number of anilines is 1. The molecule has 1 heterocycles. The molecule has 1 aliphatic rings. The number of tetrazole rings is 1. The molecule has 4 rings (SSSR count). The van der Waals surface area contributed by atoms with E-state index in [1.165, 1.54) is 29.2 Å². The number of benzene rings is 2. The molecule has 12 heteroatoms. The quantitative estimate of drug-likeness (QED) is 0.524. The summed E-state index contributed by atoms with van der Waals surface area (Å²) in [5, 5.41) is 13.7. The lowest BCUT2D eigenvalue weighted by Gasteiger charge is -2.34. The van der Waals surface area contributed by atoms with Crippen LogP contribution in [0.4, 0.5) is 18.9 Å². The second-order valence-electron chi connectivity index (χ2n) is 8.31. The smallest absolute Gasteiger partial charge is 0.249 e. The van der Waals surface area contributed by atoms with Crippen LogP contribution in [0, 0.1) is 5.82 Å². The first kappa shape index (κ1) is 24.6. The standard InChI is InChI=1S/C23H22ClF3N6O2/c24-19-7-2-1-6-18(19)21(22(35)29-16-8-10-23(26,27)11-9-16)33(17-5-3-4-15(25)12-17)20(34)13-32-14-28-30-31-32/h1-7,12,14,16,21H,8-11,13H2,(H,29,35). The van der Waals surface area contributed by atoms with Gasteiger partial charge in [-0.15, -0.1) is 5.10 Å². The summed E-state index contributed by atoms with van der Waals surface area (Å²) in [6.45, 7) is -0.340. The fraction of sp³-hybridized carbons (Fsp3) is 0.348. The topological polar surface area (TPSA) is 93.0 Å². The van der Waals surface area contributed by atoms with Crippen LogP contribution in [-0.2, 0) is 16.1 Å². The molecule has 0 bridgehead atoms. The minimum atomic E-state index is -2.77. The predicted octanol–water partition coefficient (Wildman–Crippen LogP) is 3.93. The second-order valence-corrected chi connectivity index (χ2v) is 8.72. The highest BCUT2D eigenvalue weighted by Gasteiger charge is 2.39. The molecule has 1 atom stereocenters. The summed E-state index contributed by atoms with van der Waals surface area (Å²) in [7, 11) is 0. The van der Waals surface area contributed by atoms with Gasteiger partial charge >= 0.3 is 0 Å². The van der Waals surface area contributed by atoms with E-state index in [-0.39, 0.29) is 42.9 Å². The summed E-state index contributed by atoms with van der Waals surface area (Å²) in [6, 6.07) is 9.87. The van der Waals surface area contributed by atoms with E-state index >= 15 is 0 Å². The Balaban J connectivity index is 1.73. The van der Waals surface area contributed by atoms with E-state index in [2.05, 4.69) is 20.8 Å². The molecule has 1 fully saturated rings. The van der Waals surface area contributed by atoms with Crippen LogP contribution in [0.3, 0.4) is 0 Å². The van der Waals surface area contributed by atoms with E-state index in [1.807, 2.05) is 0 Å². The number of carbonyl (C=O) groups is 2. The third-order valence-corrected chi connectivity index (χ3v) is 6.16. The molecule has 2 amide bonds. The summed E-state index contributed by atoms with van der Waals surface area (Å²) >= 11 is 6.42. The Morgan fingerprint density at radius 1 is 1.17 bits per heavy atom. The lowest BCUT2D eigenvalue weighted by atomic mass is 9.91. The molecule has 1 N–H and O–H groups in total. The van der Waals surface area contributed by atoms with Crippen molar-refractivity contribution in [3.63, 3.8) is 0 Å². The van der Waals surface area contributed by atoms with E-state index in [9.17, 15) is 22.8 Å². The SMILES string of the molecule is O=C(NC1CCC(F)(F)CC1)C(c1ccccc1Cl)N(C(=O)Cn1cnnn1)c1cccc(F)c1. The van der Waals surface area contributed by atoms with Gasteiger partial charge in [-0.2, -0.15) is 0 Å². The number of alkyl halides is 2. The number of halogens is 4. The molecule has 2 aromatic carbocycles. The maximum absolute atomic E-state index is 14.2. The zero-order chi connectivity index (χ0) is 25.0. The number of carbonyl (C=O) groups excluding carboxylic acids is 2. The lowest BCUT2D eigenvalue weighted by Crippen LogP contribution is -2.49. The number of rotatable bonds is 7. The van der Waals surface area contributed by atoms with Crippen molar-refractivity contribution in [3.8, 4) is 0 Å². The molecule has 1 aliphatic carbocycles.